The van der Waals surface area contributed by atoms with Crippen LogP contribution in [0.5, 0.6) is 0 Å². The van der Waals surface area contributed by atoms with E-state index < -0.39 is 67.4 Å². The molecule has 1 aliphatic rings. The molecule has 0 bridgehead atoms. The minimum Gasteiger partial charge on any atom is -0.454 e. The van der Waals surface area contributed by atoms with Crippen LogP contribution in [0.4, 0.5) is 0 Å². The molecule has 0 aromatic rings. The summed E-state index contributed by atoms with van der Waals surface area (Å²) in [6, 6.07) is -1.03. The Morgan fingerprint density at radius 3 is 1.38 bits per heavy atom. The van der Waals surface area contributed by atoms with Crippen LogP contribution in [-0.2, 0) is 23.8 Å². The van der Waals surface area contributed by atoms with E-state index in [0.717, 1.165) is 122 Å². The lowest BCUT2D eigenvalue weighted by Gasteiger charge is -2.41. The molecule has 456 valence electrons. The van der Waals surface area contributed by atoms with E-state index >= 15 is 0 Å². The molecule has 11 nitrogen and oxygen atoms in total. The summed E-state index contributed by atoms with van der Waals surface area (Å²) in [6.07, 6.45) is 61.9. The molecule has 0 radical (unpaired) electrons. The Balaban J connectivity index is 2.65. The number of rotatable bonds is 54. The third-order valence-electron chi connectivity index (χ3n) is 14.8. The molecule has 0 aliphatic carbocycles. The lowest BCUT2D eigenvalue weighted by atomic mass is 9.99. The molecule has 1 aliphatic heterocycles. The molecule has 0 aromatic carbocycles. The van der Waals surface area contributed by atoms with Gasteiger partial charge in [0.05, 0.1) is 25.4 Å². The monoisotopic (exact) mass is 1110 g/mol. The molecule has 0 spiro atoms. The number of esters is 1. The summed E-state index contributed by atoms with van der Waals surface area (Å²) in [4.78, 5) is 26.6. The topological polar surface area (TPSA) is 175 Å². The van der Waals surface area contributed by atoms with Gasteiger partial charge in [0.1, 0.15) is 24.4 Å². The van der Waals surface area contributed by atoms with Gasteiger partial charge in [0, 0.05) is 6.42 Å². The van der Waals surface area contributed by atoms with Crippen LogP contribution in [0.15, 0.2) is 85.1 Å². The molecule has 1 saturated heterocycles. The highest BCUT2D eigenvalue weighted by Gasteiger charge is 2.47. The van der Waals surface area contributed by atoms with Gasteiger partial charge in [-0.25, -0.2) is 0 Å². The van der Waals surface area contributed by atoms with Crippen LogP contribution in [0.2, 0.25) is 0 Å². The molecule has 0 aromatic heterocycles. The lowest BCUT2D eigenvalue weighted by Crippen LogP contribution is -2.61. The molecule has 1 amide bonds. The van der Waals surface area contributed by atoms with E-state index in [9.17, 15) is 35.1 Å². The number of carbonyl (C=O) groups is 2. The van der Waals surface area contributed by atoms with E-state index in [0.29, 0.717) is 12.8 Å². The van der Waals surface area contributed by atoms with Gasteiger partial charge in [-0.3, -0.25) is 9.59 Å². The number of amides is 1. The van der Waals surface area contributed by atoms with Gasteiger partial charge < -0.3 is 45.1 Å². The van der Waals surface area contributed by atoms with E-state index in [1.165, 1.54) is 103 Å². The molecule has 11 heteroatoms. The first-order valence-corrected chi connectivity index (χ1v) is 32.4. The number of hydrogen-bond donors (Lipinski definition) is 6. The van der Waals surface area contributed by atoms with Crippen LogP contribution in [0.25, 0.3) is 0 Å². The Labute approximate surface area is 483 Å². The summed E-state index contributed by atoms with van der Waals surface area (Å²) in [5, 5.41) is 57.0. The van der Waals surface area contributed by atoms with Crippen LogP contribution in [0.3, 0.4) is 0 Å². The first-order chi connectivity index (χ1) is 38.7. The normalized spacial score (nSPS) is 19.4. The van der Waals surface area contributed by atoms with Gasteiger partial charge in [0.2, 0.25) is 5.91 Å². The fourth-order valence-corrected chi connectivity index (χ4v) is 9.67. The quantitative estimate of drug-likeness (QED) is 0.0195. The fourth-order valence-electron chi connectivity index (χ4n) is 9.67. The van der Waals surface area contributed by atoms with Crippen molar-refractivity contribution in [3.63, 3.8) is 0 Å². The smallest absolute Gasteiger partial charge is 0.306 e. The minimum atomic E-state index is -1.62. The number of aliphatic hydroxyl groups is 5. The molecule has 79 heavy (non-hydrogen) atoms. The Hall–Kier alpha value is -3.16. The Bertz CT molecular complexity index is 1610. The third kappa shape index (κ3) is 43.2. The first-order valence-electron chi connectivity index (χ1n) is 32.4. The number of hydrogen-bond acceptors (Lipinski definition) is 10. The van der Waals surface area contributed by atoms with E-state index in [4.69, 9.17) is 14.2 Å². The van der Waals surface area contributed by atoms with Crippen molar-refractivity contribution in [1.82, 2.24) is 5.32 Å². The van der Waals surface area contributed by atoms with E-state index in [2.05, 4.69) is 99.0 Å². The highest BCUT2D eigenvalue weighted by molar-refractivity contribution is 5.80. The summed E-state index contributed by atoms with van der Waals surface area (Å²) in [5.74, 6) is -1.21. The second-order valence-corrected chi connectivity index (χ2v) is 22.1. The molecule has 1 heterocycles. The molecular formula is C68H119NO10. The van der Waals surface area contributed by atoms with Crippen LogP contribution < -0.4 is 5.32 Å². The maximum Gasteiger partial charge on any atom is 0.306 e. The van der Waals surface area contributed by atoms with Crippen molar-refractivity contribution in [1.29, 1.82) is 0 Å². The average Bonchev–Trinajstić information content (AvgIpc) is 3.45. The van der Waals surface area contributed by atoms with Gasteiger partial charge in [-0.1, -0.05) is 254 Å². The third-order valence-corrected chi connectivity index (χ3v) is 14.8. The zero-order chi connectivity index (χ0) is 57.5. The molecule has 8 atom stereocenters. The summed E-state index contributed by atoms with van der Waals surface area (Å²) < 4.78 is 17.6. The van der Waals surface area contributed by atoms with Crippen molar-refractivity contribution in [3.8, 4) is 0 Å². The van der Waals surface area contributed by atoms with Crippen molar-refractivity contribution in [3.05, 3.63) is 85.1 Å². The van der Waals surface area contributed by atoms with Gasteiger partial charge in [-0.2, -0.15) is 0 Å². The summed E-state index contributed by atoms with van der Waals surface area (Å²) in [5.41, 5.74) is 0. The van der Waals surface area contributed by atoms with Crippen molar-refractivity contribution >= 4 is 11.9 Å². The average molecular weight is 1110 g/mol. The van der Waals surface area contributed by atoms with Gasteiger partial charge in [-0.05, 0) is 96.3 Å². The van der Waals surface area contributed by atoms with Crippen molar-refractivity contribution < 1.29 is 49.3 Å². The van der Waals surface area contributed by atoms with Gasteiger partial charge in [-0.15, -0.1) is 0 Å². The second-order valence-electron chi connectivity index (χ2n) is 22.1. The number of allylic oxidation sites excluding steroid dienone is 13. The molecule has 0 saturated carbocycles. The van der Waals surface area contributed by atoms with Crippen molar-refractivity contribution in [2.75, 3.05) is 13.2 Å². The zero-order valence-electron chi connectivity index (χ0n) is 50.5. The molecule has 1 fully saturated rings. The Morgan fingerprint density at radius 2 is 0.911 bits per heavy atom. The SMILES string of the molecule is CC/C=C\C/C=C\C/C=C\C/C=C\C/C=C\CCCCCCCCC(O)C(=O)NC(COC1OC(CO)C(O)C(O)C1OC(=O)CCCCCCCCC/C=C/CCCCCCCC)C(O)/C=C/CCCCCCCCCCC. The molecule has 1 rings (SSSR count). The zero-order valence-corrected chi connectivity index (χ0v) is 50.5. The van der Waals surface area contributed by atoms with Crippen LogP contribution in [0.1, 0.15) is 271 Å². The van der Waals surface area contributed by atoms with E-state index in [1.807, 2.05) is 6.08 Å². The first kappa shape index (κ1) is 73.9. The lowest BCUT2D eigenvalue weighted by molar-refractivity contribution is -0.305. The van der Waals surface area contributed by atoms with Crippen LogP contribution >= 0.6 is 0 Å². The maximum absolute atomic E-state index is 13.4. The summed E-state index contributed by atoms with van der Waals surface area (Å²) in [6.45, 7) is 5.66. The fraction of sp³-hybridized carbons (Fsp3) is 0.765. The highest BCUT2D eigenvalue weighted by Crippen LogP contribution is 2.26. The van der Waals surface area contributed by atoms with Crippen molar-refractivity contribution in [2.24, 2.45) is 0 Å². The molecule has 6 N–H and O–H groups in total. The number of nitrogens with one attached hydrogen (secondary N) is 1. The van der Waals surface area contributed by atoms with Gasteiger partial charge in [0.25, 0.3) is 0 Å². The van der Waals surface area contributed by atoms with Gasteiger partial charge in [0.15, 0.2) is 12.4 Å². The van der Waals surface area contributed by atoms with E-state index in [1.54, 1.807) is 6.08 Å². The summed E-state index contributed by atoms with van der Waals surface area (Å²) in [7, 11) is 0. The number of carbonyl (C=O) groups excluding carboxylic acids is 2. The largest absolute Gasteiger partial charge is 0.454 e. The predicted molar refractivity (Wildman–Crippen MR) is 329 cm³/mol. The second kappa shape index (κ2) is 55.4. The predicted octanol–water partition coefficient (Wildman–Crippen LogP) is 15.7. The molecular weight excluding hydrogens is 991 g/mol. The number of aliphatic hydroxyl groups excluding tert-OH is 5. The minimum absolute atomic E-state index is 0.115. The van der Waals surface area contributed by atoms with Gasteiger partial charge >= 0.3 is 5.97 Å². The number of ether oxygens (including phenoxy) is 3. The van der Waals surface area contributed by atoms with Crippen LogP contribution in [0, 0.1) is 0 Å². The molecule has 8 unspecified atom stereocenters. The van der Waals surface area contributed by atoms with Crippen LogP contribution in [-0.4, -0.2) is 99.6 Å². The summed E-state index contributed by atoms with van der Waals surface area (Å²) >= 11 is 0. The van der Waals surface area contributed by atoms with Crippen molar-refractivity contribution in [2.45, 2.75) is 320 Å². The Kier molecular flexibility index (Phi) is 51.8. The standard InChI is InChI=1S/C68H119NO10/c1-4-7-10-13-16-19-22-24-26-28-29-30-31-32-34-35-37-40-43-46-49-52-55-61(72)67(76)69-59(60(71)54-51-48-45-42-39-21-18-15-12-9-6-3)58-77-68-66(65(75)64(74)62(57-70)78-68)79-63(73)56-53-50-47-44-41-38-36-33-27-25-23-20-17-14-11-8-5-2/h7,10,16,19,24-27,29-30,32,34,51,54,59-62,64-66,68,70-72,74-75H,4-6,8-9,11-15,17-18,20-23,28,31,33,35-50,52-53,55-58H2,1-3H3,(H,69,76)/b10-7-,19-16-,26-24-,27-25+,30-29-,34-32-,54-51+. The Morgan fingerprint density at radius 1 is 0.506 bits per heavy atom. The number of unbranched alkanes of at least 4 members (excludes halogenated alkanes) is 28. The van der Waals surface area contributed by atoms with E-state index in [-0.39, 0.29) is 19.4 Å². The highest BCUT2D eigenvalue weighted by atomic mass is 16.7. The maximum atomic E-state index is 13.4.